The third-order valence-corrected chi connectivity index (χ3v) is 2.73. The third kappa shape index (κ3) is 2.21. The summed E-state index contributed by atoms with van der Waals surface area (Å²) in [7, 11) is 1.63. The quantitative estimate of drug-likeness (QED) is 0.749. The Balaban J connectivity index is 2.66. The SMILES string of the molecule is COc1ccccc1-c1cc(C)ccc1C=O. The summed E-state index contributed by atoms with van der Waals surface area (Å²) < 4.78 is 5.32. The lowest BCUT2D eigenvalue weighted by molar-refractivity contribution is 0.112. The first kappa shape index (κ1) is 11.4. The van der Waals surface area contributed by atoms with Gasteiger partial charge in [-0.3, -0.25) is 4.79 Å². The Morgan fingerprint density at radius 2 is 1.82 bits per heavy atom. The van der Waals surface area contributed by atoms with Crippen LogP contribution >= 0.6 is 0 Å². The number of ether oxygens (including phenoxy) is 1. The van der Waals surface area contributed by atoms with Crippen molar-refractivity contribution < 1.29 is 9.53 Å². The molecule has 0 bridgehead atoms. The maximum Gasteiger partial charge on any atom is 0.150 e. The molecule has 0 N–H and O–H groups in total. The zero-order valence-corrected chi connectivity index (χ0v) is 9.94. The van der Waals surface area contributed by atoms with E-state index in [4.69, 9.17) is 4.74 Å². The number of carbonyl (C=O) groups is 1. The van der Waals surface area contributed by atoms with Gasteiger partial charge in [0.1, 0.15) is 5.75 Å². The van der Waals surface area contributed by atoms with Gasteiger partial charge in [-0.1, -0.05) is 42.0 Å². The summed E-state index contributed by atoms with van der Waals surface area (Å²) in [6, 6.07) is 13.5. The fraction of sp³-hybridized carbons (Fsp3) is 0.133. The van der Waals surface area contributed by atoms with E-state index in [2.05, 4.69) is 0 Å². The van der Waals surface area contributed by atoms with Crippen molar-refractivity contribution in [2.45, 2.75) is 6.92 Å². The van der Waals surface area contributed by atoms with Crippen molar-refractivity contribution in [3.8, 4) is 16.9 Å². The van der Waals surface area contributed by atoms with Crippen molar-refractivity contribution in [2.75, 3.05) is 7.11 Å². The Morgan fingerprint density at radius 3 is 2.53 bits per heavy atom. The highest BCUT2D eigenvalue weighted by molar-refractivity contribution is 5.89. The summed E-state index contributed by atoms with van der Waals surface area (Å²) in [5.41, 5.74) is 3.66. The molecule has 0 aliphatic rings. The Bertz CT molecular complexity index is 544. The number of hydrogen-bond acceptors (Lipinski definition) is 2. The minimum Gasteiger partial charge on any atom is -0.496 e. The second-order valence-corrected chi connectivity index (χ2v) is 3.91. The van der Waals surface area contributed by atoms with Crippen LogP contribution in [0.4, 0.5) is 0 Å². The highest BCUT2D eigenvalue weighted by Gasteiger charge is 2.09. The van der Waals surface area contributed by atoms with Crippen molar-refractivity contribution in [1.82, 2.24) is 0 Å². The summed E-state index contributed by atoms with van der Waals surface area (Å²) in [5.74, 6) is 0.779. The normalized spacial score (nSPS) is 10.0. The van der Waals surface area contributed by atoms with Gasteiger partial charge in [-0.2, -0.15) is 0 Å². The van der Waals surface area contributed by atoms with Crippen molar-refractivity contribution in [2.24, 2.45) is 0 Å². The van der Waals surface area contributed by atoms with E-state index in [9.17, 15) is 4.79 Å². The van der Waals surface area contributed by atoms with Crippen LogP contribution in [0.3, 0.4) is 0 Å². The number of methoxy groups -OCH3 is 1. The molecule has 2 heteroatoms. The zero-order chi connectivity index (χ0) is 12.3. The monoisotopic (exact) mass is 226 g/mol. The summed E-state index contributed by atoms with van der Waals surface area (Å²) in [6.07, 6.45) is 0.876. The van der Waals surface area contributed by atoms with Gasteiger partial charge in [0, 0.05) is 11.1 Å². The van der Waals surface area contributed by atoms with Gasteiger partial charge in [0.15, 0.2) is 6.29 Å². The van der Waals surface area contributed by atoms with Gasteiger partial charge in [0.2, 0.25) is 0 Å². The predicted molar refractivity (Wildman–Crippen MR) is 68.6 cm³/mol. The van der Waals surface area contributed by atoms with E-state index < -0.39 is 0 Å². The molecule has 0 spiro atoms. The van der Waals surface area contributed by atoms with Crippen LogP contribution in [0, 0.1) is 6.92 Å². The molecule has 0 aromatic heterocycles. The first-order valence-electron chi connectivity index (χ1n) is 5.45. The first-order chi connectivity index (χ1) is 8.26. The zero-order valence-electron chi connectivity index (χ0n) is 9.94. The Morgan fingerprint density at radius 1 is 1.06 bits per heavy atom. The molecule has 2 aromatic rings. The van der Waals surface area contributed by atoms with E-state index >= 15 is 0 Å². The number of carbonyl (C=O) groups excluding carboxylic acids is 1. The van der Waals surface area contributed by atoms with Crippen molar-refractivity contribution in [3.05, 3.63) is 53.6 Å². The average Bonchev–Trinajstić information content (AvgIpc) is 2.38. The van der Waals surface area contributed by atoms with Gasteiger partial charge >= 0.3 is 0 Å². The van der Waals surface area contributed by atoms with Crippen LogP contribution in [0.1, 0.15) is 15.9 Å². The summed E-state index contributed by atoms with van der Waals surface area (Å²) in [6.45, 7) is 2.01. The van der Waals surface area contributed by atoms with E-state index in [0.29, 0.717) is 5.56 Å². The maximum absolute atomic E-state index is 11.1. The van der Waals surface area contributed by atoms with E-state index in [1.54, 1.807) is 7.11 Å². The van der Waals surface area contributed by atoms with Gasteiger partial charge < -0.3 is 4.74 Å². The van der Waals surface area contributed by atoms with Crippen molar-refractivity contribution in [1.29, 1.82) is 0 Å². The van der Waals surface area contributed by atoms with E-state index in [0.717, 1.165) is 28.7 Å². The molecule has 0 atom stereocenters. The number of aldehydes is 1. The van der Waals surface area contributed by atoms with Crippen LogP contribution in [0.5, 0.6) is 5.75 Å². The Kier molecular flexibility index (Phi) is 3.24. The van der Waals surface area contributed by atoms with Crippen LogP contribution in [0.15, 0.2) is 42.5 Å². The van der Waals surface area contributed by atoms with Gasteiger partial charge in [0.05, 0.1) is 7.11 Å². The molecule has 86 valence electrons. The molecule has 0 aliphatic carbocycles. The van der Waals surface area contributed by atoms with Crippen molar-refractivity contribution >= 4 is 6.29 Å². The molecule has 0 heterocycles. The maximum atomic E-state index is 11.1. The fourth-order valence-corrected chi connectivity index (χ4v) is 1.87. The van der Waals surface area contributed by atoms with Crippen LogP contribution in [0.2, 0.25) is 0 Å². The van der Waals surface area contributed by atoms with E-state index in [1.165, 1.54) is 0 Å². The molecule has 0 fully saturated rings. The highest BCUT2D eigenvalue weighted by Crippen LogP contribution is 2.32. The summed E-state index contributed by atoms with van der Waals surface area (Å²) in [5, 5.41) is 0. The predicted octanol–water partition coefficient (Wildman–Crippen LogP) is 3.48. The average molecular weight is 226 g/mol. The largest absolute Gasteiger partial charge is 0.496 e. The van der Waals surface area contributed by atoms with E-state index in [1.807, 2.05) is 49.4 Å². The lowest BCUT2D eigenvalue weighted by atomic mass is 9.97. The van der Waals surface area contributed by atoms with Crippen LogP contribution in [-0.4, -0.2) is 13.4 Å². The molecule has 0 aliphatic heterocycles. The minimum absolute atomic E-state index is 0.681. The van der Waals surface area contributed by atoms with Crippen molar-refractivity contribution in [3.63, 3.8) is 0 Å². The highest BCUT2D eigenvalue weighted by atomic mass is 16.5. The molecule has 0 amide bonds. The van der Waals surface area contributed by atoms with Crippen LogP contribution in [-0.2, 0) is 0 Å². The van der Waals surface area contributed by atoms with Gasteiger partial charge in [-0.25, -0.2) is 0 Å². The number of hydrogen-bond donors (Lipinski definition) is 0. The molecule has 0 unspecified atom stereocenters. The van der Waals surface area contributed by atoms with Crippen LogP contribution in [0.25, 0.3) is 11.1 Å². The number of aryl methyl sites for hydroxylation is 1. The molecule has 2 aromatic carbocycles. The lowest BCUT2D eigenvalue weighted by Gasteiger charge is -2.10. The second kappa shape index (κ2) is 4.83. The molecule has 0 radical (unpaired) electrons. The smallest absolute Gasteiger partial charge is 0.150 e. The standard InChI is InChI=1S/C15H14O2/c1-11-7-8-12(10-16)14(9-11)13-5-3-4-6-15(13)17-2/h3-10H,1-2H3. The summed E-state index contributed by atoms with van der Waals surface area (Å²) in [4.78, 5) is 11.1. The second-order valence-electron chi connectivity index (χ2n) is 3.91. The van der Waals surface area contributed by atoms with E-state index in [-0.39, 0.29) is 0 Å². The topological polar surface area (TPSA) is 26.3 Å². The Hall–Kier alpha value is -2.09. The van der Waals surface area contributed by atoms with Gasteiger partial charge in [-0.05, 0) is 18.6 Å². The lowest BCUT2D eigenvalue weighted by Crippen LogP contribution is -1.92. The molecule has 0 saturated carbocycles. The molecule has 0 saturated heterocycles. The number of para-hydroxylation sites is 1. The molecule has 2 rings (SSSR count). The van der Waals surface area contributed by atoms with Gasteiger partial charge in [0.25, 0.3) is 0 Å². The minimum atomic E-state index is 0.681. The van der Waals surface area contributed by atoms with Gasteiger partial charge in [-0.15, -0.1) is 0 Å². The fourth-order valence-electron chi connectivity index (χ4n) is 1.87. The van der Waals surface area contributed by atoms with Crippen LogP contribution < -0.4 is 4.74 Å². The Labute approximate surface area is 101 Å². The summed E-state index contributed by atoms with van der Waals surface area (Å²) >= 11 is 0. The first-order valence-corrected chi connectivity index (χ1v) is 5.45. The number of rotatable bonds is 3. The number of benzene rings is 2. The molecule has 2 nitrogen and oxygen atoms in total. The molecular weight excluding hydrogens is 212 g/mol. The molecular formula is C15H14O2. The third-order valence-electron chi connectivity index (χ3n) is 2.73. The molecule has 17 heavy (non-hydrogen) atoms.